The van der Waals surface area contributed by atoms with E-state index < -0.39 is 0 Å². The zero-order valence-electron chi connectivity index (χ0n) is 20.3. The molecule has 0 aliphatic carbocycles. The molecule has 2 heterocycles. The van der Waals surface area contributed by atoms with Crippen molar-refractivity contribution in [2.75, 3.05) is 20.8 Å². The topological polar surface area (TPSA) is 49.7 Å². The van der Waals surface area contributed by atoms with Crippen molar-refractivity contribution < 1.29 is 14.3 Å². The van der Waals surface area contributed by atoms with Crippen LogP contribution in [0.2, 0.25) is 0 Å². The lowest BCUT2D eigenvalue weighted by atomic mass is 9.87. The van der Waals surface area contributed by atoms with Gasteiger partial charge in [-0.25, -0.2) is 0 Å². The predicted octanol–water partition coefficient (Wildman–Crippen LogP) is 5.76. The second-order valence-electron chi connectivity index (χ2n) is 8.56. The van der Waals surface area contributed by atoms with Crippen molar-refractivity contribution in [2.24, 2.45) is 11.8 Å². The molecule has 1 saturated heterocycles. The lowest BCUT2D eigenvalue weighted by Gasteiger charge is -2.32. The lowest BCUT2D eigenvalue weighted by molar-refractivity contribution is 0.000663. The third-order valence-electron chi connectivity index (χ3n) is 6.12. The summed E-state index contributed by atoms with van der Waals surface area (Å²) in [5, 5.41) is 0. The molecule has 1 aliphatic heterocycles. The minimum atomic E-state index is -0.385. The van der Waals surface area contributed by atoms with Crippen LogP contribution in [0.1, 0.15) is 45.3 Å². The Morgan fingerprint density at radius 2 is 1.94 bits per heavy atom. The number of hydrogen-bond donors (Lipinski definition) is 0. The van der Waals surface area contributed by atoms with Gasteiger partial charge in [-0.05, 0) is 29.4 Å². The summed E-state index contributed by atoms with van der Waals surface area (Å²) in [5.74, 6) is 1.23. The molecule has 0 radical (unpaired) electrons. The van der Waals surface area contributed by atoms with Gasteiger partial charge in [0.05, 0.1) is 31.6 Å². The Kier molecular flexibility index (Phi) is 8.72. The molecule has 1 aromatic carbocycles. The average molecular weight is 450 g/mol. The van der Waals surface area contributed by atoms with Crippen LogP contribution in [0.3, 0.4) is 0 Å². The molecule has 0 saturated carbocycles. The first kappa shape index (κ1) is 24.6. The Balaban J connectivity index is 1.89. The van der Waals surface area contributed by atoms with Crippen LogP contribution in [0.15, 0.2) is 77.3 Å². The van der Waals surface area contributed by atoms with E-state index in [1.54, 1.807) is 13.3 Å². The van der Waals surface area contributed by atoms with Gasteiger partial charge in [0.15, 0.2) is 0 Å². The molecule has 5 nitrogen and oxygen atoms in total. The van der Waals surface area contributed by atoms with Gasteiger partial charge in [0, 0.05) is 5.56 Å². The number of methoxy groups -OCH3 is 1. The van der Waals surface area contributed by atoms with Gasteiger partial charge in [0.25, 0.3) is 5.56 Å². The molecule has 3 rings (SSSR count). The van der Waals surface area contributed by atoms with Crippen LogP contribution in [0.4, 0.5) is 0 Å². The normalized spacial score (nSPS) is 21.1. The van der Waals surface area contributed by atoms with Crippen LogP contribution in [0.25, 0.3) is 11.1 Å². The largest absolute Gasteiger partial charge is 0.495 e. The van der Waals surface area contributed by atoms with E-state index in [9.17, 15) is 4.79 Å². The second-order valence-corrected chi connectivity index (χ2v) is 8.56. The smallest absolute Gasteiger partial charge is 0.292 e. The van der Waals surface area contributed by atoms with Crippen LogP contribution < -0.4 is 15.1 Å². The maximum atomic E-state index is 13.3. The predicted molar refractivity (Wildman–Crippen MR) is 133 cm³/mol. The highest BCUT2D eigenvalue weighted by Gasteiger charge is 2.33. The van der Waals surface area contributed by atoms with Gasteiger partial charge in [-0.2, -0.15) is 4.73 Å². The number of hydrogen-bond acceptors (Lipinski definition) is 4. The van der Waals surface area contributed by atoms with Crippen LogP contribution in [0, 0.1) is 11.8 Å². The summed E-state index contributed by atoms with van der Waals surface area (Å²) < 4.78 is 13.3. The second kappa shape index (κ2) is 11.7. The zero-order valence-corrected chi connectivity index (χ0v) is 20.3. The summed E-state index contributed by atoms with van der Waals surface area (Å²) in [5.41, 5.74) is 3.19. The summed E-state index contributed by atoms with van der Waals surface area (Å²) in [6, 6.07) is 9.84. The number of ether oxygens (including phenoxy) is 2. The van der Waals surface area contributed by atoms with Crippen molar-refractivity contribution in [1.29, 1.82) is 0 Å². The fraction of sp³-hybridized carbons (Fsp3) is 0.393. The van der Waals surface area contributed by atoms with E-state index in [1.807, 2.05) is 30.3 Å². The Bertz CT molecular complexity index is 1070. The Hall–Kier alpha value is -3.05. The van der Waals surface area contributed by atoms with Gasteiger partial charge >= 0.3 is 0 Å². The van der Waals surface area contributed by atoms with Crippen LogP contribution in [0.5, 0.6) is 5.75 Å². The van der Waals surface area contributed by atoms with Crippen molar-refractivity contribution >= 4 is 0 Å². The number of pyridine rings is 1. The minimum Gasteiger partial charge on any atom is -0.495 e. The Morgan fingerprint density at radius 3 is 2.58 bits per heavy atom. The van der Waals surface area contributed by atoms with E-state index in [-0.39, 0.29) is 17.6 Å². The molecule has 1 aliphatic rings. The van der Waals surface area contributed by atoms with Crippen molar-refractivity contribution in [1.82, 2.24) is 4.73 Å². The summed E-state index contributed by atoms with van der Waals surface area (Å²) in [4.78, 5) is 18.6. The summed E-state index contributed by atoms with van der Waals surface area (Å²) in [7, 11) is 3.08. The summed E-state index contributed by atoms with van der Waals surface area (Å²) in [6.45, 7) is 6.97. The molecule has 3 atom stereocenters. The van der Waals surface area contributed by atoms with Crippen molar-refractivity contribution in [3.63, 3.8) is 0 Å². The first-order valence-corrected chi connectivity index (χ1v) is 11.6. The SMILES string of the molecule is CCC(C)/C=C/C=C/C=C1\CO[C@@H](c2c(OC)c(-c3ccccc3)cn(OC)c2=O)[C@H](C)C1. The molecule has 0 N–H and O–H groups in total. The quantitative estimate of drug-likeness (QED) is 0.481. The van der Waals surface area contributed by atoms with Gasteiger partial charge in [0.1, 0.15) is 12.9 Å². The van der Waals surface area contributed by atoms with Gasteiger partial charge in [-0.3, -0.25) is 4.79 Å². The summed E-state index contributed by atoms with van der Waals surface area (Å²) in [6.07, 6.45) is 13.8. The van der Waals surface area contributed by atoms with Gasteiger partial charge in [0.2, 0.25) is 0 Å². The third-order valence-corrected chi connectivity index (χ3v) is 6.12. The van der Waals surface area contributed by atoms with E-state index >= 15 is 0 Å². The maximum Gasteiger partial charge on any atom is 0.292 e. The average Bonchev–Trinajstić information content (AvgIpc) is 2.84. The van der Waals surface area contributed by atoms with Crippen LogP contribution >= 0.6 is 0 Å². The highest BCUT2D eigenvalue weighted by atomic mass is 16.6. The highest BCUT2D eigenvalue weighted by Crippen LogP contribution is 2.41. The molecule has 2 aromatic rings. The van der Waals surface area contributed by atoms with E-state index in [2.05, 4.69) is 51.2 Å². The molecule has 1 unspecified atom stereocenters. The van der Waals surface area contributed by atoms with Crippen molar-refractivity contribution in [2.45, 2.75) is 39.7 Å². The molecule has 33 heavy (non-hydrogen) atoms. The Labute approximate surface area is 197 Å². The van der Waals surface area contributed by atoms with E-state index in [4.69, 9.17) is 14.3 Å². The molecule has 1 aromatic heterocycles. The van der Waals surface area contributed by atoms with Gasteiger partial charge in [-0.1, -0.05) is 87.9 Å². The van der Waals surface area contributed by atoms with Crippen molar-refractivity contribution in [3.8, 4) is 16.9 Å². The first-order valence-electron chi connectivity index (χ1n) is 11.6. The summed E-state index contributed by atoms with van der Waals surface area (Å²) >= 11 is 0. The highest BCUT2D eigenvalue weighted by molar-refractivity contribution is 5.71. The maximum absolute atomic E-state index is 13.3. The standard InChI is InChI=1S/C28H35NO4/c1-6-20(2)13-9-7-10-14-22-17-21(3)26(33-19-22)25-27(31-4)24(18-29(32-5)28(25)30)23-15-11-8-12-16-23/h7-16,18,20-21,26H,6,17,19H2,1-5H3/b10-7+,13-9+,22-14-/t20?,21-,26-/m1/s1. The molecule has 0 amide bonds. The number of aromatic nitrogens is 1. The molecular weight excluding hydrogens is 414 g/mol. The first-order chi connectivity index (χ1) is 16.0. The molecule has 176 valence electrons. The van der Waals surface area contributed by atoms with Crippen LogP contribution in [-0.4, -0.2) is 25.6 Å². The molecule has 5 heteroatoms. The third kappa shape index (κ3) is 5.85. The molecule has 0 bridgehead atoms. The molecule has 1 fully saturated rings. The Morgan fingerprint density at radius 1 is 1.18 bits per heavy atom. The van der Waals surface area contributed by atoms with E-state index in [1.165, 1.54) is 17.4 Å². The monoisotopic (exact) mass is 449 g/mol. The van der Waals surface area contributed by atoms with E-state index in [0.29, 0.717) is 23.8 Å². The fourth-order valence-electron chi connectivity index (χ4n) is 4.10. The van der Waals surface area contributed by atoms with Crippen molar-refractivity contribution in [3.05, 3.63) is 88.4 Å². The van der Waals surface area contributed by atoms with Gasteiger partial charge < -0.3 is 14.3 Å². The molecule has 0 spiro atoms. The number of rotatable bonds is 8. The lowest BCUT2D eigenvalue weighted by Crippen LogP contribution is -2.34. The molecular formula is C28H35NO4. The number of benzene rings is 1. The number of nitrogens with zero attached hydrogens (tertiary/aromatic N) is 1. The van der Waals surface area contributed by atoms with Gasteiger partial charge in [-0.15, -0.1) is 0 Å². The zero-order chi connectivity index (χ0) is 23.8. The van der Waals surface area contributed by atoms with E-state index in [0.717, 1.165) is 24.0 Å². The number of allylic oxidation sites excluding steroid dienone is 5. The fourth-order valence-corrected chi connectivity index (χ4v) is 4.10. The van der Waals surface area contributed by atoms with Crippen LogP contribution in [-0.2, 0) is 4.74 Å². The minimum absolute atomic E-state index is 0.104.